The fourth-order valence-corrected chi connectivity index (χ4v) is 2.61. The molecule has 3 rings (SSSR count). The second-order valence-corrected chi connectivity index (χ2v) is 5.44. The van der Waals surface area contributed by atoms with Crippen LogP contribution in [0.2, 0.25) is 0 Å². The van der Waals surface area contributed by atoms with Gasteiger partial charge in [0, 0.05) is 12.7 Å². The Balaban J connectivity index is 1.58. The van der Waals surface area contributed by atoms with E-state index in [2.05, 4.69) is 27.9 Å². The van der Waals surface area contributed by atoms with Crippen LogP contribution in [0.3, 0.4) is 0 Å². The summed E-state index contributed by atoms with van der Waals surface area (Å²) in [5.41, 5.74) is 1.96. The number of rotatable bonds is 4. The van der Waals surface area contributed by atoms with Gasteiger partial charge in [-0.15, -0.1) is 0 Å². The van der Waals surface area contributed by atoms with E-state index in [1.807, 2.05) is 29.1 Å². The van der Waals surface area contributed by atoms with Crippen molar-refractivity contribution in [2.75, 3.05) is 18.4 Å². The molecular formula is C16H20N4O. The van der Waals surface area contributed by atoms with Gasteiger partial charge in [0.05, 0.1) is 24.3 Å². The number of aromatic nitrogens is 2. The third-order valence-corrected chi connectivity index (χ3v) is 3.76. The van der Waals surface area contributed by atoms with Crippen LogP contribution in [-0.2, 0) is 11.3 Å². The predicted octanol–water partition coefficient (Wildman–Crippen LogP) is 1.87. The summed E-state index contributed by atoms with van der Waals surface area (Å²) in [5.74, 6) is 0.151. The van der Waals surface area contributed by atoms with E-state index in [0.29, 0.717) is 6.54 Å². The molecule has 0 aliphatic carbocycles. The van der Waals surface area contributed by atoms with Crippen molar-refractivity contribution in [3.8, 4) is 0 Å². The topological polar surface area (TPSA) is 59.0 Å². The van der Waals surface area contributed by atoms with E-state index in [0.717, 1.165) is 31.6 Å². The Morgan fingerprint density at radius 1 is 1.38 bits per heavy atom. The lowest BCUT2D eigenvalue weighted by atomic mass is 9.99. The van der Waals surface area contributed by atoms with Crippen molar-refractivity contribution in [2.24, 2.45) is 5.92 Å². The van der Waals surface area contributed by atoms with E-state index in [1.165, 1.54) is 5.56 Å². The summed E-state index contributed by atoms with van der Waals surface area (Å²) in [6.07, 6.45) is 5.60. The lowest BCUT2D eigenvalue weighted by Crippen LogP contribution is -2.37. The maximum Gasteiger partial charge on any atom is 0.228 e. The minimum absolute atomic E-state index is 0.0659. The molecule has 1 atom stereocenters. The lowest BCUT2D eigenvalue weighted by molar-refractivity contribution is -0.120. The number of nitrogens with zero attached hydrogens (tertiary/aromatic N) is 2. The Kier molecular flexibility index (Phi) is 4.31. The molecule has 1 saturated heterocycles. The second kappa shape index (κ2) is 6.54. The number of carbonyl (C=O) groups excluding carboxylic acids is 1. The van der Waals surface area contributed by atoms with Crippen molar-refractivity contribution in [3.63, 3.8) is 0 Å². The first-order valence-corrected chi connectivity index (χ1v) is 7.39. The first-order valence-electron chi connectivity index (χ1n) is 7.39. The number of anilines is 1. The summed E-state index contributed by atoms with van der Waals surface area (Å²) in [5, 5.41) is 10.5. The lowest BCUT2D eigenvalue weighted by Gasteiger charge is -2.21. The molecule has 1 amide bonds. The van der Waals surface area contributed by atoms with Crippen molar-refractivity contribution < 1.29 is 4.79 Å². The van der Waals surface area contributed by atoms with Crippen LogP contribution in [0.4, 0.5) is 5.69 Å². The molecule has 5 heteroatoms. The number of piperidine rings is 1. The molecule has 0 saturated carbocycles. The van der Waals surface area contributed by atoms with Gasteiger partial charge in [0.2, 0.25) is 5.91 Å². The average Bonchev–Trinajstić information content (AvgIpc) is 2.96. The van der Waals surface area contributed by atoms with E-state index >= 15 is 0 Å². The summed E-state index contributed by atoms with van der Waals surface area (Å²) < 4.78 is 1.84. The number of nitrogens with one attached hydrogen (secondary N) is 2. The monoisotopic (exact) mass is 284 g/mol. The number of benzene rings is 1. The van der Waals surface area contributed by atoms with E-state index in [-0.39, 0.29) is 11.8 Å². The molecule has 5 nitrogen and oxygen atoms in total. The van der Waals surface area contributed by atoms with Crippen LogP contribution in [0.25, 0.3) is 0 Å². The summed E-state index contributed by atoms with van der Waals surface area (Å²) >= 11 is 0. The molecule has 0 bridgehead atoms. The van der Waals surface area contributed by atoms with Crippen molar-refractivity contribution in [1.29, 1.82) is 0 Å². The van der Waals surface area contributed by atoms with Gasteiger partial charge in [-0.1, -0.05) is 30.3 Å². The molecule has 21 heavy (non-hydrogen) atoms. The molecule has 2 heterocycles. The Morgan fingerprint density at radius 3 is 3.00 bits per heavy atom. The predicted molar refractivity (Wildman–Crippen MR) is 82.0 cm³/mol. The minimum Gasteiger partial charge on any atom is -0.323 e. The van der Waals surface area contributed by atoms with Gasteiger partial charge in [0.25, 0.3) is 0 Å². The van der Waals surface area contributed by atoms with Gasteiger partial charge in [-0.25, -0.2) is 0 Å². The van der Waals surface area contributed by atoms with Gasteiger partial charge in [-0.05, 0) is 24.9 Å². The van der Waals surface area contributed by atoms with E-state index in [9.17, 15) is 4.79 Å². The molecule has 1 aliphatic rings. The van der Waals surface area contributed by atoms with Crippen LogP contribution in [0.5, 0.6) is 0 Å². The molecule has 1 fully saturated rings. The number of hydrogen-bond donors (Lipinski definition) is 2. The Morgan fingerprint density at radius 2 is 2.24 bits per heavy atom. The second-order valence-electron chi connectivity index (χ2n) is 5.44. The van der Waals surface area contributed by atoms with Crippen LogP contribution in [0.15, 0.2) is 42.7 Å². The van der Waals surface area contributed by atoms with Crippen LogP contribution in [0.1, 0.15) is 18.4 Å². The quantitative estimate of drug-likeness (QED) is 0.901. The Bertz CT molecular complexity index is 587. The third-order valence-electron chi connectivity index (χ3n) is 3.76. The fourth-order valence-electron chi connectivity index (χ4n) is 2.61. The largest absolute Gasteiger partial charge is 0.323 e. The van der Waals surface area contributed by atoms with Crippen molar-refractivity contribution >= 4 is 11.6 Å². The maximum atomic E-state index is 12.1. The molecule has 110 valence electrons. The molecular weight excluding hydrogens is 264 g/mol. The molecule has 2 aromatic rings. The first kappa shape index (κ1) is 13.8. The first-order chi connectivity index (χ1) is 10.3. The van der Waals surface area contributed by atoms with E-state index < -0.39 is 0 Å². The fraction of sp³-hybridized carbons (Fsp3) is 0.375. The van der Waals surface area contributed by atoms with Crippen molar-refractivity contribution in [2.45, 2.75) is 19.4 Å². The highest BCUT2D eigenvalue weighted by Gasteiger charge is 2.21. The highest BCUT2D eigenvalue weighted by atomic mass is 16.1. The van der Waals surface area contributed by atoms with E-state index in [4.69, 9.17) is 0 Å². The molecule has 0 radical (unpaired) electrons. The summed E-state index contributed by atoms with van der Waals surface area (Å²) in [6, 6.07) is 10.1. The zero-order valence-electron chi connectivity index (χ0n) is 12.0. The molecule has 2 N–H and O–H groups in total. The van der Waals surface area contributed by atoms with Crippen molar-refractivity contribution in [1.82, 2.24) is 15.1 Å². The van der Waals surface area contributed by atoms with Gasteiger partial charge in [-0.2, -0.15) is 5.10 Å². The minimum atomic E-state index is 0.0659. The summed E-state index contributed by atoms with van der Waals surface area (Å²) in [6.45, 7) is 2.49. The SMILES string of the molecule is O=C(Nc1cnn(Cc2ccccc2)c1)[C@@H]1CCCNC1. The summed E-state index contributed by atoms with van der Waals surface area (Å²) in [7, 11) is 0. The highest BCUT2D eigenvalue weighted by Crippen LogP contribution is 2.14. The molecule has 1 aromatic carbocycles. The maximum absolute atomic E-state index is 12.1. The number of amides is 1. The molecule has 0 spiro atoms. The van der Waals surface area contributed by atoms with Crippen LogP contribution >= 0.6 is 0 Å². The number of carbonyl (C=O) groups is 1. The zero-order valence-corrected chi connectivity index (χ0v) is 12.0. The van der Waals surface area contributed by atoms with Crippen LogP contribution in [0, 0.1) is 5.92 Å². The van der Waals surface area contributed by atoms with Crippen LogP contribution < -0.4 is 10.6 Å². The van der Waals surface area contributed by atoms with Crippen LogP contribution in [-0.4, -0.2) is 28.8 Å². The smallest absolute Gasteiger partial charge is 0.228 e. The van der Waals surface area contributed by atoms with E-state index in [1.54, 1.807) is 6.20 Å². The Hall–Kier alpha value is -2.14. The van der Waals surface area contributed by atoms with Crippen molar-refractivity contribution in [3.05, 3.63) is 48.3 Å². The molecule has 1 aromatic heterocycles. The third kappa shape index (κ3) is 3.70. The standard InChI is InChI=1S/C16H20N4O/c21-16(14-7-4-8-17-9-14)19-15-10-18-20(12-15)11-13-5-2-1-3-6-13/h1-3,5-6,10,12,14,17H,4,7-9,11H2,(H,19,21)/t14-/m1/s1. The number of hydrogen-bond acceptors (Lipinski definition) is 3. The highest BCUT2D eigenvalue weighted by molar-refractivity contribution is 5.92. The van der Waals surface area contributed by atoms with Gasteiger partial charge < -0.3 is 10.6 Å². The molecule has 1 aliphatic heterocycles. The van der Waals surface area contributed by atoms with Gasteiger partial charge in [-0.3, -0.25) is 9.48 Å². The zero-order chi connectivity index (χ0) is 14.5. The van der Waals surface area contributed by atoms with Gasteiger partial charge in [0.15, 0.2) is 0 Å². The summed E-state index contributed by atoms with van der Waals surface area (Å²) in [4.78, 5) is 12.1. The average molecular weight is 284 g/mol. The Labute approximate surface area is 124 Å². The molecule has 0 unspecified atom stereocenters. The van der Waals surface area contributed by atoms with Gasteiger partial charge >= 0.3 is 0 Å². The van der Waals surface area contributed by atoms with Gasteiger partial charge in [0.1, 0.15) is 0 Å². The normalized spacial score (nSPS) is 18.4.